The molecule has 2 N–H and O–H groups in total. The lowest BCUT2D eigenvalue weighted by molar-refractivity contribution is -0.103. The molecule has 5 heteroatoms. The van der Waals surface area contributed by atoms with Crippen LogP contribution >= 0.6 is 0 Å². The largest absolute Gasteiger partial charge is 0.369 e. The van der Waals surface area contributed by atoms with Crippen molar-refractivity contribution in [3.05, 3.63) is 0 Å². The van der Waals surface area contributed by atoms with E-state index in [0.717, 1.165) is 0 Å². The van der Waals surface area contributed by atoms with Crippen LogP contribution < -0.4 is 0 Å². The number of aldehydes is 1. The van der Waals surface area contributed by atoms with Crippen molar-refractivity contribution in [1.82, 2.24) is 4.90 Å². The molecule has 1 rings (SSSR count). The van der Waals surface area contributed by atoms with Crippen molar-refractivity contribution in [2.45, 2.75) is 12.5 Å². The molecule has 0 saturated heterocycles. The highest BCUT2D eigenvalue weighted by atomic mass is 16.4. The van der Waals surface area contributed by atoms with Crippen LogP contribution in [0.25, 0.3) is 0 Å². The van der Waals surface area contributed by atoms with E-state index in [4.69, 9.17) is 10.2 Å². The molecule has 10 heavy (non-hydrogen) atoms. The quantitative estimate of drug-likeness (QED) is 0.424. The van der Waals surface area contributed by atoms with E-state index < -0.39 is 12.5 Å². The summed E-state index contributed by atoms with van der Waals surface area (Å²) < 4.78 is 0. The van der Waals surface area contributed by atoms with Gasteiger partial charge in [0.1, 0.15) is 0 Å². The highest BCUT2D eigenvalue weighted by molar-refractivity contribution is 6.27. The van der Waals surface area contributed by atoms with Crippen LogP contribution in [0, 0.1) is 0 Å². The summed E-state index contributed by atoms with van der Waals surface area (Å²) in [6.45, 7) is 0. The van der Waals surface area contributed by atoms with Gasteiger partial charge in [0.25, 0.3) is 0 Å². The molecule has 1 heterocycles. The van der Waals surface area contributed by atoms with E-state index in [1.807, 2.05) is 0 Å². The first-order valence-electron chi connectivity index (χ1n) is 2.78. The lowest BCUT2D eigenvalue weighted by Crippen LogP contribution is -2.36. The fourth-order valence-electron chi connectivity index (χ4n) is 0.742. The van der Waals surface area contributed by atoms with Crippen LogP contribution in [-0.2, 0) is 4.79 Å². The van der Waals surface area contributed by atoms with Crippen molar-refractivity contribution in [3.8, 4) is 0 Å². The summed E-state index contributed by atoms with van der Waals surface area (Å²) >= 11 is 0. The standard InChI is InChI=1S/C5H8N2O3/c1-7-3(2-8)6-4(9)5(7)10/h2,4-5,9-10H,1H3. The first kappa shape index (κ1) is 7.17. The second kappa shape index (κ2) is 2.36. The normalized spacial score (nSPS) is 32.3. The smallest absolute Gasteiger partial charge is 0.192 e. The minimum Gasteiger partial charge on any atom is -0.369 e. The van der Waals surface area contributed by atoms with Gasteiger partial charge in [0.15, 0.2) is 24.6 Å². The van der Waals surface area contributed by atoms with Crippen LogP contribution in [0.5, 0.6) is 0 Å². The van der Waals surface area contributed by atoms with Gasteiger partial charge in [-0.15, -0.1) is 0 Å². The molecule has 5 nitrogen and oxygen atoms in total. The van der Waals surface area contributed by atoms with Gasteiger partial charge in [-0.2, -0.15) is 0 Å². The van der Waals surface area contributed by atoms with E-state index in [1.54, 1.807) is 0 Å². The van der Waals surface area contributed by atoms with E-state index in [1.165, 1.54) is 11.9 Å². The van der Waals surface area contributed by atoms with Crippen molar-refractivity contribution >= 4 is 12.1 Å². The van der Waals surface area contributed by atoms with Crippen LogP contribution in [0.15, 0.2) is 4.99 Å². The number of hydrogen-bond acceptors (Lipinski definition) is 5. The van der Waals surface area contributed by atoms with E-state index in [9.17, 15) is 4.79 Å². The van der Waals surface area contributed by atoms with Crippen LogP contribution in [0.3, 0.4) is 0 Å². The van der Waals surface area contributed by atoms with Gasteiger partial charge in [-0.05, 0) is 0 Å². The summed E-state index contributed by atoms with van der Waals surface area (Å²) in [6, 6.07) is 0. The molecule has 0 radical (unpaired) electrons. The summed E-state index contributed by atoms with van der Waals surface area (Å²) in [4.78, 5) is 14.8. The van der Waals surface area contributed by atoms with Crippen molar-refractivity contribution in [2.75, 3.05) is 7.05 Å². The van der Waals surface area contributed by atoms with Gasteiger partial charge in [0, 0.05) is 7.05 Å². The van der Waals surface area contributed by atoms with Gasteiger partial charge in [-0.3, -0.25) is 4.79 Å². The fourth-order valence-corrected chi connectivity index (χ4v) is 0.742. The third-order valence-electron chi connectivity index (χ3n) is 1.39. The molecule has 1 aliphatic rings. The lowest BCUT2D eigenvalue weighted by atomic mass is 10.5. The molecule has 0 spiro atoms. The molecular weight excluding hydrogens is 136 g/mol. The Bertz CT molecular complexity index is 180. The van der Waals surface area contributed by atoms with E-state index in [0.29, 0.717) is 6.29 Å². The minimum absolute atomic E-state index is 0.0694. The minimum atomic E-state index is -1.19. The third-order valence-corrected chi connectivity index (χ3v) is 1.39. The lowest BCUT2D eigenvalue weighted by Gasteiger charge is -2.16. The highest BCUT2D eigenvalue weighted by Crippen LogP contribution is 2.09. The van der Waals surface area contributed by atoms with Gasteiger partial charge < -0.3 is 15.1 Å². The molecule has 0 saturated carbocycles. The van der Waals surface area contributed by atoms with Crippen LogP contribution in [0.2, 0.25) is 0 Å². The average Bonchev–Trinajstić information content (AvgIpc) is 2.17. The Morgan fingerprint density at radius 1 is 1.70 bits per heavy atom. The number of aliphatic hydroxyl groups excluding tert-OH is 2. The summed E-state index contributed by atoms with van der Waals surface area (Å²) in [7, 11) is 1.48. The first-order chi connectivity index (χ1) is 4.66. The van der Waals surface area contributed by atoms with Gasteiger partial charge in [-0.1, -0.05) is 0 Å². The summed E-state index contributed by atoms with van der Waals surface area (Å²) in [6.07, 6.45) is -1.79. The number of aliphatic imine (C=N–C) groups is 1. The van der Waals surface area contributed by atoms with Gasteiger partial charge in [-0.25, -0.2) is 4.99 Å². The number of amidine groups is 1. The molecule has 0 aromatic heterocycles. The van der Waals surface area contributed by atoms with Crippen molar-refractivity contribution in [3.63, 3.8) is 0 Å². The fraction of sp³-hybridized carbons (Fsp3) is 0.600. The summed E-state index contributed by atoms with van der Waals surface area (Å²) in [5.41, 5.74) is 0. The number of aliphatic hydroxyl groups is 2. The first-order valence-corrected chi connectivity index (χ1v) is 2.78. The molecule has 0 amide bonds. The number of carbonyl (C=O) groups excluding carboxylic acids is 1. The monoisotopic (exact) mass is 144 g/mol. The molecule has 0 aliphatic carbocycles. The number of likely N-dealkylation sites (N-methyl/N-ethyl adjacent to an activating group) is 1. The zero-order chi connectivity index (χ0) is 7.72. The van der Waals surface area contributed by atoms with Crippen LogP contribution in [-0.4, -0.2) is 46.7 Å². The number of rotatable bonds is 1. The zero-order valence-corrected chi connectivity index (χ0v) is 5.43. The maximum Gasteiger partial charge on any atom is 0.192 e. The van der Waals surface area contributed by atoms with E-state index in [2.05, 4.69) is 4.99 Å². The molecule has 56 valence electrons. The van der Waals surface area contributed by atoms with Crippen molar-refractivity contribution in [2.24, 2.45) is 4.99 Å². The molecule has 0 aromatic rings. The van der Waals surface area contributed by atoms with Gasteiger partial charge in [0.05, 0.1) is 0 Å². The maximum absolute atomic E-state index is 10.1. The van der Waals surface area contributed by atoms with Crippen molar-refractivity contribution < 1.29 is 15.0 Å². The summed E-state index contributed by atoms with van der Waals surface area (Å²) in [5.74, 6) is 0.0694. The highest BCUT2D eigenvalue weighted by Gasteiger charge is 2.29. The van der Waals surface area contributed by atoms with Gasteiger partial charge >= 0.3 is 0 Å². The predicted molar refractivity (Wildman–Crippen MR) is 33.3 cm³/mol. The molecule has 2 unspecified atom stereocenters. The number of carbonyl (C=O) groups is 1. The van der Waals surface area contributed by atoms with E-state index in [-0.39, 0.29) is 5.84 Å². The molecule has 0 fully saturated rings. The molecule has 0 bridgehead atoms. The Morgan fingerprint density at radius 3 is 2.50 bits per heavy atom. The molecule has 2 atom stereocenters. The Labute approximate surface area is 57.6 Å². The molecule has 1 aliphatic heterocycles. The number of hydrogen-bond donors (Lipinski definition) is 2. The molecular formula is C5H8N2O3. The second-order valence-electron chi connectivity index (χ2n) is 2.04. The van der Waals surface area contributed by atoms with E-state index >= 15 is 0 Å². The maximum atomic E-state index is 10.1. The zero-order valence-electron chi connectivity index (χ0n) is 5.43. The van der Waals surface area contributed by atoms with Gasteiger partial charge in [0.2, 0.25) is 0 Å². The topological polar surface area (TPSA) is 73.1 Å². The summed E-state index contributed by atoms with van der Waals surface area (Å²) in [5, 5.41) is 17.8. The Morgan fingerprint density at radius 2 is 2.30 bits per heavy atom. The van der Waals surface area contributed by atoms with Crippen molar-refractivity contribution in [1.29, 1.82) is 0 Å². The molecule has 0 aromatic carbocycles. The Hall–Kier alpha value is -0.940. The SMILES string of the molecule is CN1C(C=O)=NC(O)C1O. The van der Waals surface area contributed by atoms with Crippen LogP contribution in [0.1, 0.15) is 0 Å². The van der Waals surface area contributed by atoms with Crippen LogP contribution in [0.4, 0.5) is 0 Å². The Balaban J connectivity index is 2.77. The third kappa shape index (κ3) is 0.891. The Kier molecular flexibility index (Phi) is 1.69. The predicted octanol–water partition coefficient (Wildman–Crippen LogP) is -1.83. The second-order valence-corrected chi connectivity index (χ2v) is 2.04. The average molecular weight is 144 g/mol. The number of nitrogens with zero attached hydrogens (tertiary/aromatic N) is 2.